The molecule has 136 valence electrons. The summed E-state index contributed by atoms with van der Waals surface area (Å²) in [5, 5.41) is 7.00. The first-order chi connectivity index (χ1) is 12.0. The van der Waals surface area contributed by atoms with E-state index in [-0.39, 0.29) is 18.1 Å². The molecule has 0 radical (unpaired) electrons. The average molecular weight is 348 g/mol. The Balaban J connectivity index is 1.66. The molecule has 1 amide bonds. The van der Waals surface area contributed by atoms with Gasteiger partial charge in [0, 0.05) is 19.2 Å². The molecule has 1 fully saturated rings. The summed E-state index contributed by atoms with van der Waals surface area (Å²) in [6.07, 6.45) is 2.12. The Labute approximate surface area is 146 Å². The van der Waals surface area contributed by atoms with Crippen LogP contribution in [0.4, 0.5) is 0 Å². The van der Waals surface area contributed by atoms with Gasteiger partial charge in [0.05, 0.1) is 37.0 Å². The average Bonchev–Trinajstić information content (AvgIpc) is 3.08. The van der Waals surface area contributed by atoms with Gasteiger partial charge in [0.15, 0.2) is 0 Å². The summed E-state index contributed by atoms with van der Waals surface area (Å²) in [5.41, 5.74) is 3.04. The molecule has 25 heavy (non-hydrogen) atoms. The number of nitrogens with one attached hydrogen (secondary N) is 1. The first-order valence-corrected chi connectivity index (χ1v) is 8.37. The van der Waals surface area contributed by atoms with Crippen molar-refractivity contribution >= 4 is 5.91 Å². The SMILES string of the molecule is Cc1noc(C)c1COC1COCCC1NC(=O)c1c(C)ncn1C. The summed E-state index contributed by atoms with van der Waals surface area (Å²) in [6, 6.07) is -0.115. The number of carbonyl (C=O) groups excluding carboxylic acids is 1. The number of rotatable bonds is 5. The fourth-order valence-electron chi connectivity index (χ4n) is 3.05. The van der Waals surface area contributed by atoms with E-state index in [9.17, 15) is 4.79 Å². The van der Waals surface area contributed by atoms with Gasteiger partial charge in [0.2, 0.25) is 0 Å². The molecule has 3 heterocycles. The minimum absolute atomic E-state index is 0.115. The van der Waals surface area contributed by atoms with E-state index in [4.69, 9.17) is 14.0 Å². The lowest BCUT2D eigenvalue weighted by Crippen LogP contribution is -2.50. The number of aryl methyl sites for hydroxylation is 4. The Hall–Kier alpha value is -2.19. The molecule has 8 nitrogen and oxygen atoms in total. The van der Waals surface area contributed by atoms with Crippen LogP contribution in [0.2, 0.25) is 0 Å². The van der Waals surface area contributed by atoms with Crippen molar-refractivity contribution in [3.63, 3.8) is 0 Å². The van der Waals surface area contributed by atoms with Crippen molar-refractivity contribution < 1.29 is 18.8 Å². The van der Waals surface area contributed by atoms with Crippen molar-refractivity contribution in [2.45, 2.75) is 45.9 Å². The van der Waals surface area contributed by atoms with Crippen molar-refractivity contribution in [3.05, 3.63) is 34.7 Å². The van der Waals surface area contributed by atoms with Crippen molar-refractivity contribution in [1.82, 2.24) is 20.0 Å². The number of aromatic nitrogens is 3. The molecular formula is C17H24N4O4. The molecule has 2 aromatic rings. The minimum atomic E-state index is -0.222. The highest BCUT2D eigenvalue weighted by molar-refractivity contribution is 5.93. The molecular weight excluding hydrogens is 324 g/mol. The predicted octanol–water partition coefficient (Wildman–Crippen LogP) is 1.44. The third kappa shape index (κ3) is 3.74. The summed E-state index contributed by atoms with van der Waals surface area (Å²) in [4.78, 5) is 16.8. The van der Waals surface area contributed by atoms with Crippen LogP contribution in [0.25, 0.3) is 0 Å². The Morgan fingerprint density at radius 1 is 1.40 bits per heavy atom. The van der Waals surface area contributed by atoms with Gasteiger partial charge in [-0.3, -0.25) is 4.79 Å². The lowest BCUT2D eigenvalue weighted by molar-refractivity contribution is -0.0739. The van der Waals surface area contributed by atoms with Gasteiger partial charge in [-0.2, -0.15) is 0 Å². The molecule has 1 aliphatic rings. The van der Waals surface area contributed by atoms with Gasteiger partial charge < -0.3 is 23.9 Å². The van der Waals surface area contributed by atoms with Crippen LogP contribution >= 0.6 is 0 Å². The molecule has 1 saturated heterocycles. The van der Waals surface area contributed by atoms with Crippen molar-refractivity contribution in [2.75, 3.05) is 13.2 Å². The molecule has 1 aliphatic heterocycles. The van der Waals surface area contributed by atoms with Crippen molar-refractivity contribution in [1.29, 1.82) is 0 Å². The number of amides is 1. The number of imidazole rings is 1. The number of carbonyl (C=O) groups is 1. The summed E-state index contributed by atoms with van der Waals surface area (Å²) in [6.45, 7) is 6.99. The Morgan fingerprint density at radius 2 is 2.20 bits per heavy atom. The highest BCUT2D eigenvalue weighted by Crippen LogP contribution is 2.18. The van der Waals surface area contributed by atoms with Crippen LogP contribution in [0.5, 0.6) is 0 Å². The maximum Gasteiger partial charge on any atom is 0.270 e. The second kappa shape index (κ2) is 7.37. The van der Waals surface area contributed by atoms with E-state index in [1.807, 2.05) is 27.8 Å². The van der Waals surface area contributed by atoms with Crippen molar-refractivity contribution in [3.8, 4) is 0 Å². The molecule has 0 bridgehead atoms. The van der Waals surface area contributed by atoms with Crippen LogP contribution in [-0.4, -0.2) is 46.0 Å². The largest absolute Gasteiger partial charge is 0.379 e. The predicted molar refractivity (Wildman–Crippen MR) is 89.2 cm³/mol. The lowest BCUT2D eigenvalue weighted by Gasteiger charge is -2.32. The smallest absolute Gasteiger partial charge is 0.270 e. The summed E-state index contributed by atoms with van der Waals surface area (Å²) >= 11 is 0. The van der Waals surface area contributed by atoms with E-state index in [1.54, 1.807) is 10.9 Å². The zero-order chi connectivity index (χ0) is 18.0. The molecule has 3 rings (SSSR count). The van der Waals surface area contributed by atoms with Gasteiger partial charge in [0.25, 0.3) is 5.91 Å². The van der Waals surface area contributed by atoms with Gasteiger partial charge in [-0.25, -0.2) is 4.98 Å². The molecule has 8 heteroatoms. The zero-order valence-electron chi connectivity index (χ0n) is 15.0. The van der Waals surface area contributed by atoms with E-state index in [0.717, 1.165) is 17.0 Å². The van der Waals surface area contributed by atoms with Gasteiger partial charge >= 0.3 is 0 Å². The standard InChI is InChI=1S/C17H24N4O4/c1-10-13(12(3)25-20-10)7-24-15-8-23-6-5-14(15)19-17(22)16-11(2)18-9-21(16)4/h9,14-15H,5-8H2,1-4H3,(H,19,22). The van der Waals surface area contributed by atoms with E-state index in [0.29, 0.717) is 37.6 Å². The van der Waals surface area contributed by atoms with Gasteiger partial charge in [0.1, 0.15) is 17.6 Å². The number of ether oxygens (including phenoxy) is 2. The molecule has 0 saturated carbocycles. The van der Waals surface area contributed by atoms with Crippen LogP contribution in [-0.2, 0) is 23.1 Å². The second-order valence-corrected chi connectivity index (χ2v) is 6.39. The van der Waals surface area contributed by atoms with Gasteiger partial charge in [-0.05, 0) is 27.2 Å². The molecule has 2 aromatic heterocycles. The van der Waals surface area contributed by atoms with Crippen molar-refractivity contribution in [2.24, 2.45) is 7.05 Å². The van der Waals surface area contributed by atoms with Crippen LogP contribution in [0.3, 0.4) is 0 Å². The van der Waals surface area contributed by atoms with Gasteiger partial charge in [-0.1, -0.05) is 5.16 Å². The second-order valence-electron chi connectivity index (χ2n) is 6.39. The van der Waals surface area contributed by atoms with Gasteiger partial charge in [-0.15, -0.1) is 0 Å². The maximum atomic E-state index is 12.6. The van der Waals surface area contributed by atoms with E-state index in [2.05, 4.69) is 15.5 Å². The van der Waals surface area contributed by atoms with E-state index >= 15 is 0 Å². The molecule has 0 spiro atoms. The number of hydrogen-bond acceptors (Lipinski definition) is 6. The molecule has 0 aromatic carbocycles. The van der Waals surface area contributed by atoms with Crippen LogP contribution in [0, 0.1) is 20.8 Å². The Kier molecular flexibility index (Phi) is 5.19. The molecule has 2 unspecified atom stereocenters. The van der Waals surface area contributed by atoms with Crippen LogP contribution < -0.4 is 5.32 Å². The monoisotopic (exact) mass is 348 g/mol. The first-order valence-electron chi connectivity index (χ1n) is 8.37. The summed E-state index contributed by atoms with van der Waals surface area (Å²) in [7, 11) is 1.81. The number of hydrogen-bond donors (Lipinski definition) is 1. The quantitative estimate of drug-likeness (QED) is 0.879. The summed E-state index contributed by atoms with van der Waals surface area (Å²) < 4.78 is 18.4. The fourth-order valence-corrected chi connectivity index (χ4v) is 3.05. The molecule has 2 atom stereocenters. The topological polar surface area (TPSA) is 91.4 Å². The highest BCUT2D eigenvalue weighted by Gasteiger charge is 2.30. The van der Waals surface area contributed by atoms with E-state index in [1.165, 1.54) is 0 Å². The third-order valence-electron chi connectivity index (χ3n) is 4.58. The summed E-state index contributed by atoms with van der Waals surface area (Å²) in [5.74, 6) is 0.607. The van der Waals surface area contributed by atoms with Crippen LogP contribution in [0.15, 0.2) is 10.9 Å². The minimum Gasteiger partial charge on any atom is -0.379 e. The molecule has 1 N–H and O–H groups in total. The highest BCUT2D eigenvalue weighted by atomic mass is 16.5. The molecule has 0 aliphatic carbocycles. The lowest BCUT2D eigenvalue weighted by atomic mass is 10.1. The van der Waals surface area contributed by atoms with E-state index < -0.39 is 0 Å². The zero-order valence-corrected chi connectivity index (χ0v) is 15.0. The maximum absolute atomic E-state index is 12.6. The normalized spacial score (nSPS) is 20.6. The Morgan fingerprint density at radius 3 is 2.84 bits per heavy atom. The third-order valence-corrected chi connectivity index (χ3v) is 4.58. The first kappa shape index (κ1) is 17.6. The fraction of sp³-hybridized carbons (Fsp3) is 0.588. The van der Waals surface area contributed by atoms with Crippen LogP contribution in [0.1, 0.15) is 39.6 Å². The Bertz CT molecular complexity index is 713. The number of nitrogens with zero attached hydrogens (tertiary/aromatic N) is 3.